The number of carbonyl (C=O) groups excluding carboxylic acids is 1. The summed E-state index contributed by atoms with van der Waals surface area (Å²) in [5, 5.41) is 4.68. The molecule has 0 amide bonds. The summed E-state index contributed by atoms with van der Waals surface area (Å²) < 4.78 is 13.1. The van der Waals surface area contributed by atoms with E-state index in [9.17, 15) is 4.79 Å². The van der Waals surface area contributed by atoms with Gasteiger partial charge in [-0.15, -0.1) is 0 Å². The fraction of sp³-hybridized carbons (Fsp3) is 0.333. The lowest BCUT2D eigenvalue weighted by molar-refractivity contribution is 0.0704. The van der Waals surface area contributed by atoms with Crippen molar-refractivity contribution < 1.29 is 14.3 Å². The molecule has 0 aliphatic heterocycles. The summed E-state index contributed by atoms with van der Waals surface area (Å²) in [6, 6.07) is 15.2. The Morgan fingerprint density at radius 1 is 1.03 bits per heavy atom. The van der Waals surface area contributed by atoms with Crippen molar-refractivity contribution in [3.63, 3.8) is 0 Å². The van der Waals surface area contributed by atoms with Crippen LogP contribution in [0.2, 0.25) is 0 Å². The molecule has 0 fully saturated rings. The van der Waals surface area contributed by atoms with Gasteiger partial charge in [-0.3, -0.25) is 0 Å². The maximum absolute atomic E-state index is 12.9. The second-order valence-corrected chi connectivity index (χ2v) is 9.15. The SMILES string of the molecule is CCOc1ccc(C(=O)Oc2c(Sc3ccc(C)cc3)c(C)nn2C(C)(C)C)cc1. The highest BCUT2D eigenvalue weighted by Gasteiger charge is 2.27. The summed E-state index contributed by atoms with van der Waals surface area (Å²) in [5.41, 5.74) is 2.14. The van der Waals surface area contributed by atoms with E-state index in [0.29, 0.717) is 18.1 Å². The molecule has 0 saturated heterocycles. The van der Waals surface area contributed by atoms with E-state index in [2.05, 4.69) is 36.3 Å². The highest BCUT2D eigenvalue weighted by molar-refractivity contribution is 7.99. The lowest BCUT2D eigenvalue weighted by atomic mass is 10.1. The molecule has 6 heteroatoms. The Morgan fingerprint density at radius 2 is 1.67 bits per heavy atom. The minimum absolute atomic E-state index is 0.342. The molecule has 2 aromatic carbocycles. The number of rotatable bonds is 6. The van der Waals surface area contributed by atoms with Crippen LogP contribution in [0.4, 0.5) is 0 Å². The van der Waals surface area contributed by atoms with E-state index in [4.69, 9.17) is 9.47 Å². The quantitative estimate of drug-likeness (QED) is 0.453. The number of esters is 1. The molecule has 0 N–H and O–H groups in total. The van der Waals surface area contributed by atoms with Gasteiger partial charge in [-0.05, 0) is 77.9 Å². The first kappa shape index (κ1) is 22.0. The molecule has 0 aliphatic carbocycles. The van der Waals surface area contributed by atoms with Gasteiger partial charge in [0.2, 0.25) is 5.88 Å². The fourth-order valence-corrected chi connectivity index (χ4v) is 3.79. The van der Waals surface area contributed by atoms with Crippen molar-refractivity contribution in [1.82, 2.24) is 9.78 Å². The monoisotopic (exact) mass is 424 g/mol. The number of benzene rings is 2. The number of hydrogen-bond acceptors (Lipinski definition) is 5. The standard InChI is InChI=1S/C24H28N2O3S/c1-7-28-19-12-10-18(11-13-19)23(27)29-22-21(17(3)25-26(22)24(4,5)6)30-20-14-8-16(2)9-15-20/h8-15H,7H2,1-6H3. The molecule has 0 spiro atoms. The Bertz CT molecular complexity index is 1020. The van der Waals surface area contributed by atoms with Gasteiger partial charge < -0.3 is 9.47 Å². The second kappa shape index (κ2) is 8.96. The van der Waals surface area contributed by atoms with Crippen molar-refractivity contribution >= 4 is 17.7 Å². The van der Waals surface area contributed by atoms with E-state index in [1.165, 1.54) is 5.56 Å². The minimum atomic E-state index is -0.422. The number of nitrogens with zero attached hydrogens (tertiary/aromatic N) is 2. The second-order valence-electron chi connectivity index (χ2n) is 8.06. The van der Waals surface area contributed by atoms with Gasteiger partial charge in [-0.2, -0.15) is 5.10 Å². The molecule has 3 rings (SSSR count). The third kappa shape index (κ3) is 5.05. The number of aryl methyl sites for hydroxylation is 2. The van der Waals surface area contributed by atoms with E-state index in [0.717, 1.165) is 21.2 Å². The Balaban J connectivity index is 1.94. The Morgan fingerprint density at radius 3 is 2.23 bits per heavy atom. The van der Waals surface area contributed by atoms with E-state index in [-0.39, 0.29) is 5.54 Å². The van der Waals surface area contributed by atoms with Gasteiger partial charge in [-0.25, -0.2) is 9.48 Å². The molecule has 1 aromatic heterocycles. The van der Waals surface area contributed by atoms with Crippen molar-refractivity contribution in [1.29, 1.82) is 0 Å². The Kier molecular flexibility index (Phi) is 6.56. The molecule has 5 nitrogen and oxygen atoms in total. The first-order valence-electron chi connectivity index (χ1n) is 9.98. The Labute approximate surface area is 182 Å². The van der Waals surface area contributed by atoms with Crippen LogP contribution in [0.15, 0.2) is 58.3 Å². The molecule has 0 aliphatic rings. The fourth-order valence-electron chi connectivity index (χ4n) is 2.88. The number of ether oxygens (including phenoxy) is 2. The molecule has 1 heterocycles. The molecule has 0 bridgehead atoms. The summed E-state index contributed by atoms with van der Waals surface area (Å²) in [6.45, 7) is 12.6. The lowest BCUT2D eigenvalue weighted by Gasteiger charge is -2.22. The number of aromatic nitrogens is 2. The van der Waals surface area contributed by atoms with Crippen molar-refractivity contribution in [2.45, 2.75) is 56.9 Å². The molecule has 0 saturated carbocycles. The summed E-state index contributed by atoms with van der Waals surface area (Å²) in [5.74, 6) is 0.763. The first-order valence-corrected chi connectivity index (χ1v) is 10.8. The van der Waals surface area contributed by atoms with Crippen LogP contribution in [-0.2, 0) is 5.54 Å². The van der Waals surface area contributed by atoms with E-state index >= 15 is 0 Å². The first-order chi connectivity index (χ1) is 14.2. The van der Waals surface area contributed by atoms with Gasteiger partial charge in [0.25, 0.3) is 0 Å². The lowest BCUT2D eigenvalue weighted by Crippen LogP contribution is -2.25. The summed E-state index contributed by atoms with van der Waals surface area (Å²) in [7, 11) is 0. The molecule has 158 valence electrons. The van der Waals surface area contributed by atoms with E-state index in [1.807, 2.05) is 34.6 Å². The molecule has 0 atom stereocenters. The van der Waals surface area contributed by atoms with Crippen LogP contribution in [0.25, 0.3) is 0 Å². The Hall–Kier alpha value is -2.73. The third-order valence-electron chi connectivity index (χ3n) is 4.43. The maximum atomic E-state index is 12.9. The molecule has 0 radical (unpaired) electrons. The summed E-state index contributed by atoms with van der Waals surface area (Å²) in [6.07, 6.45) is 0. The van der Waals surface area contributed by atoms with Gasteiger partial charge in [-0.1, -0.05) is 29.5 Å². The zero-order valence-electron chi connectivity index (χ0n) is 18.4. The van der Waals surface area contributed by atoms with Crippen molar-refractivity contribution in [3.8, 4) is 11.6 Å². The van der Waals surface area contributed by atoms with Crippen LogP contribution in [0.5, 0.6) is 11.6 Å². The average Bonchev–Trinajstić information content (AvgIpc) is 3.00. The molecular weight excluding hydrogens is 396 g/mol. The summed E-state index contributed by atoms with van der Waals surface area (Å²) in [4.78, 5) is 14.8. The van der Waals surface area contributed by atoms with E-state index < -0.39 is 5.97 Å². The number of hydrogen-bond donors (Lipinski definition) is 0. The summed E-state index contributed by atoms with van der Waals surface area (Å²) >= 11 is 1.55. The van der Waals surface area contributed by atoms with Gasteiger partial charge in [0.15, 0.2) is 0 Å². The van der Waals surface area contributed by atoms with Gasteiger partial charge >= 0.3 is 5.97 Å². The average molecular weight is 425 g/mol. The van der Waals surface area contributed by atoms with Gasteiger partial charge in [0.1, 0.15) is 5.75 Å². The highest BCUT2D eigenvalue weighted by atomic mass is 32.2. The topological polar surface area (TPSA) is 53.4 Å². The molecule has 0 unspecified atom stereocenters. The normalized spacial score (nSPS) is 11.4. The van der Waals surface area contributed by atoms with Gasteiger partial charge in [0.05, 0.1) is 28.3 Å². The van der Waals surface area contributed by atoms with Gasteiger partial charge in [0, 0.05) is 4.90 Å². The third-order valence-corrected chi connectivity index (χ3v) is 5.61. The van der Waals surface area contributed by atoms with Crippen LogP contribution in [0, 0.1) is 13.8 Å². The van der Waals surface area contributed by atoms with E-state index in [1.54, 1.807) is 40.7 Å². The van der Waals surface area contributed by atoms with Crippen LogP contribution in [0.1, 0.15) is 49.3 Å². The smallest absolute Gasteiger partial charge is 0.344 e. The van der Waals surface area contributed by atoms with Crippen molar-refractivity contribution in [2.24, 2.45) is 0 Å². The number of carbonyl (C=O) groups is 1. The minimum Gasteiger partial charge on any atom is -0.494 e. The zero-order valence-corrected chi connectivity index (χ0v) is 19.2. The van der Waals surface area contributed by atoms with Crippen molar-refractivity contribution in [2.75, 3.05) is 6.61 Å². The van der Waals surface area contributed by atoms with Crippen LogP contribution in [-0.4, -0.2) is 22.4 Å². The highest BCUT2D eigenvalue weighted by Crippen LogP contribution is 2.40. The molecular formula is C24H28N2O3S. The van der Waals surface area contributed by atoms with Crippen LogP contribution >= 0.6 is 11.8 Å². The largest absolute Gasteiger partial charge is 0.494 e. The maximum Gasteiger partial charge on any atom is 0.344 e. The van der Waals surface area contributed by atoms with Crippen LogP contribution in [0.3, 0.4) is 0 Å². The van der Waals surface area contributed by atoms with Crippen molar-refractivity contribution in [3.05, 3.63) is 65.4 Å². The predicted molar refractivity (Wildman–Crippen MR) is 120 cm³/mol. The van der Waals surface area contributed by atoms with Crippen LogP contribution < -0.4 is 9.47 Å². The molecule has 30 heavy (non-hydrogen) atoms. The molecule has 3 aromatic rings. The predicted octanol–water partition coefficient (Wildman–Crippen LogP) is 6.02. The zero-order chi connectivity index (χ0) is 21.9.